The largest absolute Gasteiger partial charge is 0.497 e. The number of hydrogen-bond donors (Lipinski definition) is 1. The predicted octanol–water partition coefficient (Wildman–Crippen LogP) is 3.70. The van der Waals surface area contributed by atoms with E-state index in [1.54, 1.807) is 19.2 Å². The number of nitrogens with one attached hydrogen (secondary N) is 1. The third-order valence-corrected chi connectivity index (χ3v) is 4.19. The Hall–Kier alpha value is -3.15. The van der Waals surface area contributed by atoms with Crippen LogP contribution in [-0.2, 0) is 17.6 Å². The van der Waals surface area contributed by atoms with E-state index in [1.807, 2.05) is 31.2 Å². The highest BCUT2D eigenvalue weighted by Gasteiger charge is 2.12. The number of ether oxygens (including phenoxy) is 1. The maximum atomic E-state index is 13.0. The Labute approximate surface area is 157 Å². The van der Waals surface area contributed by atoms with Gasteiger partial charge in [0.1, 0.15) is 17.3 Å². The lowest BCUT2D eigenvalue weighted by Crippen LogP contribution is -2.27. The molecule has 0 aliphatic rings. The molecular formula is C21H21FN2O3. The highest BCUT2D eigenvalue weighted by atomic mass is 19.1. The summed E-state index contributed by atoms with van der Waals surface area (Å²) in [5.74, 6) is 1.55. The Balaban J connectivity index is 1.52. The van der Waals surface area contributed by atoms with Crippen LogP contribution in [0.1, 0.15) is 17.0 Å². The standard InChI is InChI=1S/C21H21FN2O3/c1-14-19(24-21(27-14)16-5-7-17(22)8-6-16)11-12-23-20(25)13-15-3-9-18(26-2)10-4-15/h3-10H,11-13H2,1-2H3,(H,23,25). The summed E-state index contributed by atoms with van der Waals surface area (Å²) in [6, 6.07) is 13.4. The van der Waals surface area contributed by atoms with Crippen molar-refractivity contribution < 1.29 is 18.3 Å². The van der Waals surface area contributed by atoms with E-state index < -0.39 is 0 Å². The smallest absolute Gasteiger partial charge is 0.226 e. The molecule has 0 aliphatic carbocycles. The van der Waals surface area contributed by atoms with Crippen LogP contribution < -0.4 is 10.1 Å². The van der Waals surface area contributed by atoms with Crippen LogP contribution in [-0.4, -0.2) is 24.5 Å². The fourth-order valence-corrected chi connectivity index (χ4v) is 2.69. The van der Waals surface area contributed by atoms with Crippen LogP contribution in [0.3, 0.4) is 0 Å². The maximum Gasteiger partial charge on any atom is 0.226 e. The van der Waals surface area contributed by atoms with Gasteiger partial charge in [-0.1, -0.05) is 12.1 Å². The van der Waals surface area contributed by atoms with Gasteiger partial charge in [-0.2, -0.15) is 0 Å². The van der Waals surface area contributed by atoms with Gasteiger partial charge in [-0.15, -0.1) is 0 Å². The van der Waals surface area contributed by atoms with Crippen molar-refractivity contribution in [1.82, 2.24) is 10.3 Å². The van der Waals surface area contributed by atoms with Gasteiger partial charge in [-0.25, -0.2) is 9.37 Å². The first kappa shape index (κ1) is 18.6. The lowest BCUT2D eigenvalue weighted by molar-refractivity contribution is -0.120. The number of nitrogens with zero attached hydrogens (tertiary/aromatic N) is 1. The first-order chi connectivity index (χ1) is 13.0. The highest BCUT2D eigenvalue weighted by molar-refractivity contribution is 5.78. The third-order valence-electron chi connectivity index (χ3n) is 4.19. The normalized spacial score (nSPS) is 10.6. The summed E-state index contributed by atoms with van der Waals surface area (Å²) in [6.45, 7) is 2.29. The molecule has 0 bridgehead atoms. The van der Waals surface area contributed by atoms with Gasteiger partial charge in [0.25, 0.3) is 0 Å². The van der Waals surface area contributed by atoms with E-state index in [-0.39, 0.29) is 11.7 Å². The first-order valence-electron chi connectivity index (χ1n) is 8.67. The number of methoxy groups -OCH3 is 1. The second-order valence-corrected chi connectivity index (χ2v) is 6.15. The summed E-state index contributed by atoms with van der Waals surface area (Å²) in [5, 5.41) is 2.89. The van der Waals surface area contributed by atoms with Crippen LogP contribution in [0.2, 0.25) is 0 Å². The predicted molar refractivity (Wildman–Crippen MR) is 100 cm³/mol. The van der Waals surface area contributed by atoms with E-state index in [4.69, 9.17) is 9.15 Å². The Kier molecular flexibility index (Phi) is 5.86. The van der Waals surface area contributed by atoms with Crippen LogP contribution in [0.5, 0.6) is 5.75 Å². The maximum absolute atomic E-state index is 13.0. The highest BCUT2D eigenvalue weighted by Crippen LogP contribution is 2.22. The van der Waals surface area contributed by atoms with E-state index in [2.05, 4.69) is 10.3 Å². The van der Waals surface area contributed by atoms with Crippen molar-refractivity contribution in [3.63, 3.8) is 0 Å². The second-order valence-electron chi connectivity index (χ2n) is 6.15. The molecule has 0 radical (unpaired) electrons. The molecule has 0 unspecified atom stereocenters. The molecule has 3 aromatic rings. The molecule has 0 fully saturated rings. The molecule has 27 heavy (non-hydrogen) atoms. The zero-order chi connectivity index (χ0) is 19.2. The molecular weight excluding hydrogens is 347 g/mol. The van der Waals surface area contributed by atoms with Crippen molar-refractivity contribution in [3.8, 4) is 17.2 Å². The molecule has 140 valence electrons. The summed E-state index contributed by atoms with van der Waals surface area (Å²) >= 11 is 0. The Bertz CT molecular complexity index is 902. The fraction of sp³-hybridized carbons (Fsp3) is 0.238. The number of benzene rings is 2. The second kappa shape index (κ2) is 8.49. The molecule has 5 nitrogen and oxygen atoms in total. The lowest BCUT2D eigenvalue weighted by Gasteiger charge is -2.05. The van der Waals surface area contributed by atoms with Gasteiger partial charge in [0, 0.05) is 18.5 Å². The Morgan fingerprint density at radius 3 is 2.52 bits per heavy atom. The van der Waals surface area contributed by atoms with Gasteiger partial charge < -0.3 is 14.5 Å². The monoisotopic (exact) mass is 368 g/mol. The number of oxazole rings is 1. The van der Waals surface area contributed by atoms with Crippen molar-refractivity contribution in [2.24, 2.45) is 0 Å². The minimum Gasteiger partial charge on any atom is -0.497 e. The number of carbonyl (C=O) groups is 1. The molecule has 3 rings (SSSR count). The molecule has 6 heteroatoms. The van der Waals surface area contributed by atoms with E-state index in [1.165, 1.54) is 12.1 Å². The molecule has 1 aromatic heterocycles. The zero-order valence-corrected chi connectivity index (χ0v) is 15.3. The molecule has 0 saturated carbocycles. The fourth-order valence-electron chi connectivity index (χ4n) is 2.69. The van der Waals surface area contributed by atoms with Crippen molar-refractivity contribution in [3.05, 3.63) is 71.4 Å². The number of aromatic nitrogens is 1. The molecule has 1 heterocycles. The van der Waals surface area contributed by atoms with E-state index in [9.17, 15) is 9.18 Å². The molecule has 2 aromatic carbocycles. The molecule has 0 spiro atoms. The van der Waals surface area contributed by atoms with Gasteiger partial charge in [0.2, 0.25) is 11.8 Å². The van der Waals surface area contributed by atoms with Crippen LogP contribution in [0, 0.1) is 12.7 Å². The average molecular weight is 368 g/mol. The Morgan fingerprint density at radius 1 is 1.15 bits per heavy atom. The van der Waals surface area contributed by atoms with Gasteiger partial charge in [0.05, 0.1) is 19.2 Å². The van der Waals surface area contributed by atoms with Gasteiger partial charge in [-0.3, -0.25) is 4.79 Å². The topological polar surface area (TPSA) is 64.4 Å². The van der Waals surface area contributed by atoms with Crippen molar-refractivity contribution >= 4 is 5.91 Å². The summed E-state index contributed by atoms with van der Waals surface area (Å²) in [4.78, 5) is 16.5. The number of carbonyl (C=O) groups excluding carboxylic acids is 1. The van der Waals surface area contributed by atoms with Crippen LogP contribution in [0.25, 0.3) is 11.5 Å². The van der Waals surface area contributed by atoms with Gasteiger partial charge in [-0.05, 0) is 48.9 Å². The Morgan fingerprint density at radius 2 is 1.85 bits per heavy atom. The summed E-state index contributed by atoms with van der Waals surface area (Å²) in [6.07, 6.45) is 0.869. The average Bonchev–Trinajstić information content (AvgIpc) is 3.03. The number of amides is 1. The molecule has 1 amide bonds. The zero-order valence-electron chi connectivity index (χ0n) is 15.3. The number of aryl methyl sites for hydroxylation is 1. The lowest BCUT2D eigenvalue weighted by atomic mass is 10.1. The summed E-state index contributed by atoms with van der Waals surface area (Å²) in [5.41, 5.74) is 2.41. The van der Waals surface area contributed by atoms with Crippen molar-refractivity contribution in [1.29, 1.82) is 0 Å². The van der Waals surface area contributed by atoms with Crippen LogP contribution >= 0.6 is 0 Å². The number of hydrogen-bond acceptors (Lipinski definition) is 4. The van der Waals surface area contributed by atoms with Crippen LogP contribution in [0.15, 0.2) is 52.9 Å². The SMILES string of the molecule is COc1ccc(CC(=O)NCCc2nc(-c3ccc(F)cc3)oc2C)cc1. The number of rotatable bonds is 7. The van der Waals surface area contributed by atoms with Crippen molar-refractivity contribution in [2.75, 3.05) is 13.7 Å². The molecule has 0 aliphatic heterocycles. The van der Waals surface area contributed by atoms with Gasteiger partial charge in [0.15, 0.2) is 0 Å². The van der Waals surface area contributed by atoms with E-state index in [0.717, 1.165) is 17.0 Å². The summed E-state index contributed by atoms with van der Waals surface area (Å²) < 4.78 is 23.8. The van der Waals surface area contributed by atoms with Crippen LogP contribution in [0.4, 0.5) is 4.39 Å². The first-order valence-corrected chi connectivity index (χ1v) is 8.67. The van der Waals surface area contributed by atoms with Gasteiger partial charge >= 0.3 is 0 Å². The molecule has 0 atom stereocenters. The molecule has 0 saturated heterocycles. The van der Waals surface area contributed by atoms with Crippen molar-refractivity contribution in [2.45, 2.75) is 19.8 Å². The quantitative estimate of drug-likeness (QED) is 0.691. The minimum absolute atomic E-state index is 0.0555. The summed E-state index contributed by atoms with van der Waals surface area (Å²) in [7, 11) is 1.61. The number of halogens is 1. The minimum atomic E-state index is -0.304. The van der Waals surface area contributed by atoms with E-state index in [0.29, 0.717) is 36.6 Å². The third kappa shape index (κ3) is 4.94. The molecule has 1 N–H and O–H groups in total. The van der Waals surface area contributed by atoms with E-state index >= 15 is 0 Å².